The van der Waals surface area contributed by atoms with Crippen LogP contribution in [0.1, 0.15) is 17.9 Å². The monoisotopic (exact) mass is 203 g/mol. The Bertz CT molecular complexity index is 288. The highest BCUT2D eigenvalue weighted by Crippen LogP contribution is 2.28. The van der Waals surface area contributed by atoms with Gasteiger partial charge in [0.1, 0.15) is 5.82 Å². The van der Waals surface area contributed by atoms with Crippen LogP contribution in [0.4, 0.5) is 13.2 Å². The molecular formula is C10H12F3N. The number of hydrogen-bond acceptors (Lipinski definition) is 1. The standard InChI is InChI=1S/C10H12F3N/c11-9-4-2-1-3-7(9)8(5-6-14)10(12)13/h1-4,8,10H,5-6,14H2. The third-order valence-electron chi connectivity index (χ3n) is 2.09. The smallest absolute Gasteiger partial charge is 0.245 e. The van der Waals surface area contributed by atoms with E-state index in [9.17, 15) is 13.2 Å². The number of nitrogens with two attached hydrogens (primary N) is 1. The Morgan fingerprint density at radius 1 is 1.21 bits per heavy atom. The van der Waals surface area contributed by atoms with Crippen LogP contribution in [0, 0.1) is 5.82 Å². The molecule has 0 fully saturated rings. The van der Waals surface area contributed by atoms with E-state index in [1.807, 2.05) is 0 Å². The van der Waals surface area contributed by atoms with Crippen LogP contribution in [0.5, 0.6) is 0 Å². The van der Waals surface area contributed by atoms with Gasteiger partial charge in [0.05, 0.1) is 0 Å². The number of halogens is 3. The number of benzene rings is 1. The topological polar surface area (TPSA) is 26.0 Å². The van der Waals surface area contributed by atoms with E-state index in [4.69, 9.17) is 5.73 Å². The van der Waals surface area contributed by atoms with Gasteiger partial charge in [0.15, 0.2) is 0 Å². The summed E-state index contributed by atoms with van der Waals surface area (Å²) in [7, 11) is 0. The third kappa shape index (κ3) is 2.48. The Hall–Kier alpha value is -1.03. The van der Waals surface area contributed by atoms with Crippen molar-refractivity contribution in [2.24, 2.45) is 5.73 Å². The van der Waals surface area contributed by atoms with Crippen molar-refractivity contribution in [3.8, 4) is 0 Å². The maximum atomic E-state index is 13.1. The number of rotatable bonds is 4. The third-order valence-corrected chi connectivity index (χ3v) is 2.09. The molecule has 0 aromatic heterocycles. The van der Waals surface area contributed by atoms with Gasteiger partial charge in [-0.15, -0.1) is 0 Å². The van der Waals surface area contributed by atoms with E-state index in [-0.39, 0.29) is 18.5 Å². The first-order chi connectivity index (χ1) is 6.66. The molecule has 0 saturated carbocycles. The summed E-state index contributed by atoms with van der Waals surface area (Å²) in [5, 5.41) is 0. The first-order valence-corrected chi connectivity index (χ1v) is 4.39. The molecule has 1 nitrogen and oxygen atoms in total. The SMILES string of the molecule is NCCC(c1ccccc1F)C(F)F. The largest absolute Gasteiger partial charge is 0.330 e. The van der Waals surface area contributed by atoms with Crippen molar-refractivity contribution in [3.05, 3.63) is 35.6 Å². The van der Waals surface area contributed by atoms with E-state index in [1.54, 1.807) is 6.07 Å². The van der Waals surface area contributed by atoms with Crippen molar-refractivity contribution in [1.29, 1.82) is 0 Å². The number of alkyl halides is 2. The van der Waals surface area contributed by atoms with Crippen LogP contribution in [-0.2, 0) is 0 Å². The van der Waals surface area contributed by atoms with Crippen molar-refractivity contribution >= 4 is 0 Å². The van der Waals surface area contributed by atoms with E-state index in [0.29, 0.717) is 0 Å². The van der Waals surface area contributed by atoms with Gasteiger partial charge in [-0.2, -0.15) is 0 Å². The first-order valence-electron chi connectivity index (χ1n) is 4.39. The van der Waals surface area contributed by atoms with E-state index >= 15 is 0 Å². The zero-order valence-electron chi connectivity index (χ0n) is 7.59. The molecule has 0 radical (unpaired) electrons. The van der Waals surface area contributed by atoms with Gasteiger partial charge in [-0.1, -0.05) is 18.2 Å². The highest BCUT2D eigenvalue weighted by atomic mass is 19.3. The van der Waals surface area contributed by atoms with E-state index in [2.05, 4.69) is 0 Å². The molecule has 0 heterocycles. The molecule has 1 aromatic rings. The fourth-order valence-electron chi connectivity index (χ4n) is 1.37. The predicted octanol–water partition coefficient (Wildman–Crippen LogP) is 2.52. The summed E-state index contributed by atoms with van der Waals surface area (Å²) in [5.41, 5.74) is 5.25. The molecular weight excluding hydrogens is 191 g/mol. The van der Waals surface area contributed by atoms with Crippen LogP contribution in [-0.4, -0.2) is 13.0 Å². The molecule has 0 amide bonds. The van der Waals surface area contributed by atoms with Gasteiger partial charge >= 0.3 is 0 Å². The van der Waals surface area contributed by atoms with Crippen LogP contribution < -0.4 is 5.73 Å². The van der Waals surface area contributed by atoms with Gasteiger partial charge in [-0.25, -0.2) is 13.2 Å². The lowest BCUT2D eigenvalue weighted by Gasteiger charge is -2.15. The molecule has 1 unspecified atom stereocenters. The fourth-order valence-corrected chi connectivity index (χ4v) is 1.37. The van der Waals surface area contributed by atoms with Crippen LogP contribution >= 0.6 is 0 Å². The summed E-state index contributed by atoms with van der Waals surface area (Å²) in [5.74, 6) is -1.69. The lowest BCUT2D eigenvalue weighted by atomic mass is 9.96. The van der Waals surface area contributed by atoms with Crippen molar-refractivity contribution in [3.63, 3.8) is 0 Å². The predicted molar refractivity (Wildman–Crippen MR) is 48.8 cm³/mol. The van der Waals surface area contributed by atoms with Gasteiger partial charge in [0.25, 0.3) is 0 Å². The molecule has 14 heavy (non-hydrogen) atoms. The van der Waals surface area contributed by atoms with Gasteiger partial charge in [0, 0.05) is 5.92 Å². The highest BCUT2D eigenvalue weighted by Gasteiger charge is 2.23. The van der Waals surface area contributed by atoms with Gasteiger partial charge in [-0.3, -0.25) is 0 Å². The molecule has 2 N–H and O–H groups in total. The summed E-state index contributed by atoms with van der Waals surface area (Å²) < 4.78 is 38.2. The highest BCUT2D eigenvalue weighted by molar-refractivity contribution is 5.22. The second kappa shape index (κ2) is 5.00. The maximum absolute atomic E-state index is 13.1. The summed E-state index contributed by atoms with van der Waals surface area (Å²) in [6.45, 7) is 0.128. The Morgan fingerprint density at radius 3 is 2.36 bits per heavy atom. The lowest BCUT2D eigenvalue weighted by Crippen LogP contribution is -2.15. The van der Waals surface area contributed by atoms with Crippen molar-refractivity contribution < 1.29 is 13.2 Å². The molecule has 0 aliphatic heterocycles. The van der Waals surface area contributed by atoms with E-state index in [1.165, 1.54) is 18.2 Å². The molecule has 1 rings (SSSR count). The fraction of sp³-hybridized carbons (Fsp3) is 0.400. The van der Waals surface area contributed by atoms with Crippen molar-refractivity contribution in [1.82, 2.24) is 0 Å². The molecule has 0 aliphatic carbocycles. The van der Waals surface area contributed by atoms with Gasteiger partial charge < -0.3 is 5.73 Å². The second-order valence-corrected chi connectivity index (χ2v) is 3.04. The molecule has 1 atom stereocenters. The molecule has 0 aliphatic rings. The molecule has 0 spiro atoms. The Labute approximate surface area is 80.7 Å². The van der Waals surface area contributed by atoms with Crippen molar-refractivity contribution in [2.75, 3.05) is 6.54 Å². The Morgan fingerprint density at radius 2 is 1.86 bits per heavy atom. The maximum Gasteiger partial charge on any atom is 0.245 e. The zero-order valence-corrected chi connectivity index (χ0v) is 7.59. The van der Waals surface area contributed by atoms with Crippen molar-refractivity contribution in [2.45, 2.75) is 18.8 Å². The van der Waals surface area contributed by atoms with E-state index in [0.717, 1.165) is 0 Å². The normalized spacial score (nSPS) is 13.2. The molecule has 0 saturated heterocycles. The average Bonchev–Trinajstić information content (AvgIpc) is 2.15. The summed E-state index contributed by atoms with van der Waals surface area (Å²) in [4.78, 5) is 0. The molecule has 78 valence electrons. The average molecular weight is 203 g/mol. The van der Waals surface area contributed by atoms with Crippen LogP contribution in [0.2, 0.25) is 0 Å². The minimum atomic E-state index is -2.57. The van der Waals surface area contributed by atoms with Crippen LogP contribution in [0.3, 0.4) is 0 Å². The minimum absolute atomic E-state index is 0.0490. The van der Waals surface area contributed by atoms with E-state index < -0.39 is 18.2 Å². The zero-order chi connectivity index (χ0) is 10.6. The lowest BCUT2D eigenvalue weighted by molar-refractivity contribution is 0.109. The van der Waals surface area contributed by atoms with Crippen LogP contribution in [0.25, 0.3) is 0 Å². The number of hydrogen-bond donors (Lipinski definition) is 1. The van der Waals surface area contributed by atoms with Gasteiger partial charge in [-0.05, 0) is 24.6 Å². The van der Waals surface area contributed by atoms with Gasteiger partial charge in [0.2, 0.25) is 6.43 Å². The molecule has 0 bridgehead atoms. The Balaban J connectivity index is 2.93. The Kier molecular flexibility index (Phi) is 3.95. The molecule has 4 heteroatoms. The molecule has 1 aromatic carbocycles. The summed E-state index contributed by atoms with van der Waals surface area (Å²) in [6, 6.07) is 5.58. The summed E-state index contributed by atoms with van der Waals surface area (Å²) in [6.07, 6.45) is -2.48. The summed E-state index contributed by atoms with van der Waals surface area (Å²) >= 11 is 0. The minimum Gasteiger partial charge on any atom is -0.330 e. The first kappa shape index (κ1) is 11.0. The second-order valence-electron chi connectivity index (χ2n) is 3.04. The van der Waals surface area contributed by atoms with Crippen LogP contribution in [0.15, 0.2) is 24.3 Å². The quantitative estimate of drug-likeness (QED) is 0.799.